The Bertz CT molecular complexity index is 159. The fraction of sp³-hybridized carbons (Fsp3) is 0.800. The first-order valence-electron chi connectivity index (χ1n) is 2.93. The van der Waals surface area contributed by atoms with E-state index < -0.39 is 17.1 Å². The minimum absolute atomic E-state index is 0.212. The number of hydroxylamine groups is 1. The number of rotatable bonds is 4. The molecule has 0 rings (SSSR count). The molecular weight excluding hydrogens is 152 g/mol. The lowest BCUT2D eigenvalue weighted by Crippen LogP contribution is -2.40. The average Bonchev–Trinajstić information content (AvgIpc) is 1.53. The highest BCUT2D eigenvalue weighted by atomic mass is 16.6. The van der Waals surface area contributed by atoms with Gasteiger partial charge in [-0.15, -0.1) is 0 Å². The van der Waals surface area contributed by atoms with Crippen LogP contribution >= 0.6 is 0 Å². The largest absolute Gasteiger partial charge is 0.624 e. The summed E-state index contributed by atoms with van der Waals surface area (Å²) in [5, 5.41) is 29.3. The molecule has 0 radical (unpaired) electrons. The van der Waals surface area contributed by atoms with Crippen molar-refractivity contribution in [2.24, 2.45) is 0 Å². The van der Waals surface area contributed by atoms with Crippen LogP contribution < -0.4 is 0 Å². The molecule has 0 bridgehead atoms. The topological polar surface area (TPSA) is 89.4 Å². The standard InChI is InChI=1S/C5H10N2O4/c1-5(8,3-6(2)9)4-7(10)11/h8H,2-4H2,1H3. The third-order valence-electron chi connectivity index (χ3n) is 0.987. The van der Waals surface area contributed by atoms with Gasteiger partial charge in [0.1, 0.15) is 6.72 Å². The molecule has 6 heteroatoms. The van der Waals surface area contributed by atoms with E-state index in [0.717, 1.165) is 0 Å². The first kappa shape index (κ1) is 9.83. The fourth-order valence-electron chi connectivity index (χ4n) is 0.708. The summed E-state index contributed by atoms with van der Waals surface area (Å²) in [4.78, 5) is 9.22. The molecule has 0 aliphatic carbocycles. The minimum Gasteiger partial charge on any atom is -0.624 e. The summed E-state index contributed by atoms with van der Waals surface area (Å²) in [5.41, 5.74) is -1.60. The van der Waals surface area contributed by atoms with Crippen molar-refractivity contribution in [3.63, 3.8) is 0 Å². The van der Waals surface area contributed by atoms with Crippen LogP contribution in [0, 0.1) is 15.3 Å². The van der Waals surface area contributed by atoms with Crippen LogP contribution in [-0.2, 0) is 0 Å². The predicted octanol–water partition coefficient (Wildman–Crippen LogP) is -0.775. The Morgan fingerprint density at radius 2 is 2.00 bits per heavy atom. The molecule has 64 valence electrons. The van der Waals surface area contributed by atoms with E-state index in [1.54, 1.807) is 0 Å². The smallest absolute Gasteiger partial charge is 0.238 e. The van der Waals surface area contributed by atoms with Gasteiger partial charge >= 0.3 is 0 Å². The van der Waals surface area contributed by atoms with Crippen LogP contribution in [0.5, 0.6) is 0 Å². The van der Waals surface area contributed by atoms with Gasteiger partial charge in [0.2, 0.25) is 6.54 Å². The third kappa shape index (κ3) is 5.28. The van der Waals surface area contributed by atoms with Crippen molar-refractivity contribution in [3.8, 4) is 0 Å². The molecular formula is C5H10N2O4. The molecule has 11 heavy (non-hydrogen) atoms. The molecule has 1 unspecified atom stereocenters. The van der Waals surface area contributed by atoms with E-state index in [1.807, 2.05) is 0 Å². The van der Waals surface area contributed by atoms with Crippen LogP contribution in [0.4, 0.5) is 0 Å². The lowest BCUT2D eigenvalue weighted by Gasteiger charge is -2.15. The molecule has 0 saturated heterocycles. The maximum absolute atomic E-state index is 10.3. The van der Waals surface area contributed by atoms with E-state index in [0.29, 0.717) is 0 Å². The molecule has 0 amide bonds. The van der Waals surface area contributed by atoms with Gasteiger partial charge in [0.05, 0.1) is 0 Å². The molecule has 0 fully saturated rings. The summed E-state index contributed by atoms with van der Waals surface area (Å²) < 4.78 is 0.212. The Labute approximate surface area is 63.5 Å². The number of hydrogen-bond acceptors (Lipinski definition) is 4. The highest BCUT2D eigenvalue weighted by Crippen LogP contribution is 2.02. The van der Waals surface area contributed by atoms with Crippen LogP contribution in [0.15, 0.2) is 0 Å². The molecule has 0 aromatic heterocycles. The minimum atomic E-state index is -1.60. The molecule has 0 saturated carbocycles. The molecule has 1 atom stereocenters. The second-order valence-corrected chi connectivity index (χ2v) is 2.63. The van der Waals surface area contributed by atoms with Gasteiger partial charge in [0.25, 0.3) is 0 Å². The first-order valence-corrected chi connectivity index (χ1v) is 2.93. The van der Waals surface area contributed by atoms with E-state index in [4.69, 9.17) is 5.11 Å². The maximum Gasteiger partial charge on any atom is 0.238 e. The molecule has 0 aromatic carbocycles. The number of aliphatic hydroxyl groups is 1. The Balaban J connectivity index is 3.99. The van der Waals surface area contributed by atoms with Gasteiger partial charge in [-0.2, -0.15) is 0 Å². The highest BCUT2D eigenvalue weighted by molar-refractivity contribution is 5.14. The number of nitro groups is 1. The van der Waals surface area contributed by atoms with Crippen LogP contribution in [-0.4, -0.2) is 40.2 Å². The van der Waals surface area contributed by atoms with Crippen molar-refractivity contribution in [2.45, 2.75) is 12.5 Å². The van der Waals surface area contributed by atoms with Crippen molar-refractivity contribution in [1.82, 2.24) is 0 Å². The average molecular weight is 162 g/mol. The van der Waals surface area contributed by atoms with E-state index in [2.05, 4.69) is 6.72 Å². The Morgan fingerprint density at radius 3 is 2.27 bits per heavy atom. The normalized spacial score (nSPS) is 15.5. The zero-order chi connectivity index (χ0) is 9.07. The van der Waals surface area contributed by atoms with Gasteiger partial charge in [-0.05, 0) is 6.92 Å². The van der Waals surface area contributed by atoms with E-state index in [9.17, 15) is 15.3 Å². The summed E-state index contributed by atoms with van der Waals surface area (Å²) in [6.45, 7) is 3.12. The molecule has 6 nitrogen and oxygen atoms in total. The Morgan fingerprint density at radius 1 is 1.55 bits per heavy atom. The molecule has 0 aliphatic rings. The summed E-state index contributed by atoms with van der Waals surface area (Å²) in [7, 11) is 0. The summed E-state index contributed by atoms with van der Waals surface area (Å²) in [6.07, 6.45) is 0. The van der Waals surface area contributed by atoms with Crippen molar-refractivity contribution >= 4 is 6.72 Å². The van der Waals surface area contributed by atoms with Gasteiger partial charge in [0, 0.05) is 4.92 Å². The summed E-state index contributed by atoms with van der Waals surface area (Å²) >= 11 is 0. The van der Waals surface area contributed by atoms with Crippen molar-refractivity contribution in [3.05, 3.63) is 15.3 Å². The first-order chi connectivity index (χ1) is 4.83. The molecule has 0 spiro atoms. The monoisotopic (exact) mass is 162 g/mol. The van der Waals surface area contributed by atoms with Gasteiger partial charge in [-0.25, -0.2) is 4.74 Å². The van der Waals surface area contributed by atoms with E-state index in [-0.39, 0.29) is 11.3 Å². The molecule has 1 N–H and O–H groups in total. The van der Waals surface area contributed by atoms with Crippen LogP contribution in [0.1, 0.15) is 6.92 Å². The van der Waals surface area contributed by atoms with Gasteiger partial charge in [-0.3, -0.25) is 10.1 Å². The molecule has 0 aromatic rings. The lowest BCUT2D eigenvalue weighted by atomic mass is 10.1. The second-order valence-electron chi connectivity index (χ2n) is 2.63. The van der Waals surface area contributed by atoms with Crippen molar-refractivity contribution in [1.29, 1.82) is 0 Å². The Kier molecular flexibility index (Phi) is 2.94. The zero-order valence-corrected chi connectivity index (χ0v) is 6.19. The Hall–Kier alpha value is -1.17. The van der Waals surface area contributed by atoms with Crippen molar-refractivity contribution < 1.29 is 14.8 Å². The quantitative estimate of drug-likeness (QED) is 0.193. The predicted molar refractivity (Wildman–Crippen MR) is 38.1 cm³/mol. The number of hydrogen-bond donors (Lipinski definition) is 1. The molecule has 0 heterocycles. The fourth-order valence-corrected chi connectivity index (χ4v) is 0.708. The van der Waals surface area contributed by atoms with Gasteiger partial charge in [0.15, 0.2) is 12.1 Å². The van der Waals surface area contributed by atoms with Crippen LogP contribution in [0.2, 0.25) is 0 Å². The maximum atomic E-state index is 10.3. The summed E-state index contributed by atoms with van der Waals surface area (Å²) in [6, 6.07) is 0. The third-order valence-corrected chi connectivity index (χ3v) is 0.987. The molecule has 0 aliphatic heterocycles. The van der Waals surface area contributed by atoms with Crippen LogP contribution in [0.25, 0.3) is 0 Å². The van der Waals surface area contributed by atoms with Gasteiger partial charge < -0.3 is 10.3 Å². The second kappa shape index (κ2) is 3.29. The van der Waals surface area contributed by atoms with E-state index in [1.165, 1.54) is 6.92 Å². The van der Waals surface area contributed by atoms with E-state index >= 15 is 0 Å². The highest BCUT2D eigenvalue weighted by Gasteiger charge is 2.30. The zero-order valence-electron chi connectivity index (χ0n) is 6.19. The summed E-state index contributed by atoms with van der Waals surface area (Å²) in [5.74, 6) is 0. The van der Waals surface area contributed by atoms with Crippen molar-refractivity contribution in [2.75, 3.05) is 13.1 Å². The van der Waals surface area contributed by atoms with Gasteiger partial charge in [-0.1, -0.05) is 0 Å². The van der Waals surface area contributed by atoms with Crippen LogP contribution in [0.3, 0.4) is 0 Å². The SMILES string of the molecule is C=[N+]([O-])CC(C)(O)C[N+](=O)[O-]. The lowest BCUT2D eigenvalue weighted by molar-refractivity contribution is -0.530. The number of nitrogens with zero attached hydrogens (tertiary/aromatic N) is 2.